The van der Waals surface area contributed by atoms with E-state index in [0.717, 1.165) is 11.1 Å². The summed E-state index contributed by atoms with van der Waals surface area (Å²) in [5.41, 5.74) is 1.83. The van der Waals surface area contributed by atoms with E-state index in [4.69, 9.17) is 23.7 Å². The molecule has 0 aromatic heterocycles. The molecule has 94 heavy (non-hydrogen) atoms. The van der Waals surface area contributed by atoms with Crippen molar-refractivity contribution in [3.63, 3.8) is 0 Å². The van der Waals surface area contributed by atoms with E-state index in [0.29, 0.717) is 73.6 Å². The molecule has 0 aliphatic carbocycles. The van der Waals surface area contributed by atoms with Crippen LogP contribution in [0, 0.1) is 5.41 Å². The van der Waals surface area contributed by atoms with Gasteiger partial charge in [-0.15, -0.1) is 0 Å². The first-order valence-electron chi connectivity index (χ1n) is 31.5. The number of phenolic OH excluding ortho intramolecular Hbond substituents is 1. The Bertz CT molecular complexity index is 3440. The van der Waals surface area contributed by atoms with Crippen LogP contribution >= 0.6 is 0 Å². The van der Waals surface area contributed by atoms with Gasteiger partial charge in [0, 0.05) is 72.7 Å². The van der Waals surface area contributed by atoms with Crippen LogP contribution in [0.4, 0.5) is 0 Å². The number of carbonyl (C=O) groups is 9. The van der Waals surface area contributed by atoms with Crippen LogP contribution in [0.2, 0.25) is 0 Å². The number of amides is 6. The lowest BCUT2D eigenvalue weighted by atomic mass is 9.87. The molecule has 2 aliphatic rings. The van der Waals surface area contributed by atoms with E-state index in [9.17, 15) is 48.3 Å². The van der Waals surface area contributed by atoms with Crippen molar-refractivity contribution in [1.82, 2.24) is 40.4 Å². The smallest absolute Gasteiger partial charge is 0.330 e. The number of likely N-dealkylation sites (N-methyl/N-ethyl adjacent to an activating group) is 4. The van der Waals surface area contributed by atoms with Gasteiger partial charge in [-0.1, -0.05) is 97.1 Å². The second-order valence-corrected chi connectivity index (χ2v) is 24.3. The predicted octanol–water partition coefficient (Wildman–Crippen LogP) is 4.67. The van der Waals surface area contributed by atoms with Gasteiger partial charge >= 0.3 is 11.9 Å². The molecule has 4 N–H and O–H groups in total. The van der Waals surface area contributed by atoms with Gasteiger partial charge in [-0.05, 0) is 124 Å². The third-order valence-electron chi connectivity index (χ3n) is 16.6. The van der Waals surface area contributed by atoms with Gasteiger partial charge in [0.1, 0.15) is 48.4 Å². The highest BCUT2D eigenvalue weighted by Crippen LogP contribution is 2.32. The lowest BCUT2D eigenvalue weighted by Gasteiger charge is -2.39. The van der Waals surface area contributed by atoms with Gasteiger partial charge in [-0.3, -0.25) is 33.6 Å². The Kier molecular flexibility index (Phi) is 26.7. The lowest BCUT2D eigenvalue weighted by molar-refractivity contribution is -0.166. The summed E-state index contributed by atoms with van der Waals surface area (Å²) in [6.07, 6.45) is 3.47. The van der Waals surface area contributed by atoms with E-state index in [2.05, 4.69) is 16.0 Å². The predicted molar refractivity (Wildman–Crippen MR) is 350 cm³/mol. The number of hydrogen-bond donors (Lipinski definition) is 4. The number of ketones is 1. The van der Waals surface area contributed by atoms with Gasteiger partial charge < -0.3 is 69.2 Å². The number of aryl methyl sites for hydroxylation is 1. The number of esters is 2. The van der Waals surface area contributed by atoms with Crippen molar-refractivity contribution < 1.29 is 71.9 Å². The van der Waals surface area contributed by atoms with Gasteiger partial charge in [-0.2, -0.15) is 0 Å². The maximum absolute atomic E-state index is 14.9. The van der Waals surface area contributed by atoms with E-state index >= 15 is 0 Å². The monoisotopic (exact) mass is 1290 g/mol. The quantitative estimate of drug-likeness (QED) is 0.103. The first-order valence-corrected chi connectivity index (χ1v) is 31.5. The Morgan fingerprint density at radius 1 is 0.649 bits per heavy atom. The van der Waals surface area contributed by atoms with Crippen molar-refractivity contribution >= 4 is 53.2 Å². The number of piperazine rings is 1. The number of cyclic esters (lactones) is 2. The van der Waals surface area contributed by atoms with Crippen molar-refractivity contribution in [2.24, 2.45) is 5.41 Å². The minimum Gasteiger partial charge on any atom is -0.508 e. The molecule has 5 atom stereocenters. The number of methoxy groups -OCH3 is 2. The molecule has 5 aromatic rings. The minimum atomic E-state index is -1.49. The van der Waals surface area contributed by atoms with Gasteiger partial charge in [0.05, 0.1) is 26.2 Å². The molecule has 502 valence electrons. The van der Waals surface area contributed by atoms with Gasteiger partial charge in [-0.25, -0.2) is 9.59 Å². The molecular formula is C71H88N8O15. The summed E-state index contributed by atoms with van der Waals surface area (Å²) < 4.78 is 29.1. The number of phenols is 1. The van der Waals surface area contributed by atoms with Crippen LogP contribution < -0.4 is 30.2 Å². The minimum absolute atomic E-state index is 0.00276. The molecule has 2 heterocycles. The summed E-state index contributed by atoms with van der Waals surface area (Å²) in [5.74, 6) is -5.12. The largest absolute Gasteiger partial charge is 0.508 e. The first-order chi connectivity index (χ1) is 45.0. The number of hydrogen-bond acceptors (Lipinski definition) is 17. The van der Waals surface area contributed by atoms with Crippen molar-refractivity contribution in [2.45, 2.75) is 89.1 Å². The Labute approximate surface area is 549 Å². The van der Waals surface area contributed by atoms with Crippen LogP contribution in [0.5, 0.6) is 23.0 Å². The molecule has 1 fully saturated rings. The zero-order chi connectivity index (χ0) is 67.9. The summed E-state index contributed by atoms with van der Waals surface area (Å²) >= 11 is 0. The Morgan fingerprint density at radius 3 is 1.96 bits per heavy atom. The molecular weight excluding hydrogens is 1200 g/mol. The molecule has 2 bridgehead atoms. The van der Waals surface area contributed by atoms with E-state index < -0.39 is 103 Å². The van der Waals surface area contributed by atoms with Gasteiger partial charge in [0.25, 0.3) is 11.8 Å². The molecule has 7 rings (SSSR count). The number of nitrogens with one attached hydrogen (secondary N) is 3. The lowest BCUT2D eigenvalue weighted by Crippen LogP contribution is -2.60. The number of benzene rings is 5. The van der Waals surface area contributed by atoms with Crippen LogP contribution in [0.3, 0.4) is 0 Å². The Balaban J connectivity index is 1.19. The average molecular weight is 1290 g/mol. The van der Waals surface area contributed by atoms with Crippen LogP contribution in [-0.2, 0) is 78.3 Å². The maximum Gasteiger partial charge on any atom is 0.330 e. The molecule has 23 heteroatoms. The van der Waals surface area contributed by atoms with E-state index in [1.54, 1.807) is 93.0 Å². The molecule has 0 spiro atoms. The number of aromatic hydroxyl groups is 1. The van der Waals surface area contributed by atoms with E-state index in [-0.39, 0.29) is 56.2 Å². The fraction of sp³-hybridized carbons (Fsp3) is 0.423. The molecule has 23 nitrogen and oxygen atoms in total. The number of ether oxygens (including phenoxy) is 5. The Hall–Kier alpha value is -9.61. The highest BCUT2D eigenvalue weighted by Gasteiger charge is 2.44. The molecule has 5 aromatic carbocycles. The highest BCUT2D eigenvalue weighted by molar-refractivity contribution is 6.38. The third-order valence-corrected chi connectivity index (χ3v) is 16.6. The van der Waals surface area contributed by atoms with Crippen LogP contribution in [0.25, 0.3) is 0 Å². The molecule has 2 aliphatic heterocycles. The Morgan fingerprint density at radius 2 is 1.29 bits per heavy atom. The molecule has 6 amide bonds. The molecule has 0 saturated carbocycles. The SMILES string of the molecule is COc1ccc(CC[C@H]2OC(=O)[C@@H]3CN(C)CCN3C(=O)C(=O)C(C)(C)COC(=O)/C=C/CCNCCCN(C)C(=O)[C@@H](Cc3ccccc3)NC(=O)CN(C)C(=O)[C@@H](Cc3ccccc3)NC(=O)[C@H](Cc3ccc(O)cc3)N(C)C(=O)COc3cccc2c3)cc1OC. The number of rotatable bonds is 11. The summed E-state index contributed by atoms with van der Waals surface area (Å²) in [6.45, 7) is 3.17. The molecule has 0 radical (unpaired) electrons. The maximum atomic E-state index is 14.9. The van der Waals surface area contributed by atoms with Crippen LogP contribution in [0.15, 0.2) is 140 Å². The first kappa shape index (κ1) is 71.8. The number of Topliss-reactive ketones (excluding diaryl/α,β-unsaturated/α-hetero) is 1. The summed E-state index contributed by atoms with van der Waals surface area (Å²) in [4.78, 5) is 135. The van der Waals surface area contributed by atoms with E-state index in [1.807, 2.05) is 47.4 Å². The van der Waals surface area contributed by atoms with Crippen molar-refractivity contribution in [2.75, 3.05) is 101 Å². The average Bonchev–Trinajstić information content (AvgIpc) is 0.841. The topological polar surface area (TPSA) is 272 Å². The fourth-order valence-electron chi connectivity index (χ4n) is 11.0. The van der Waals surface area contributed by atoms with Crippen molar-refractivity contribution in [3.8, 4) is 23.0 Å². The zero-order valence-corrected chi connectivity index (χ0v) is 54.9. The van der Waals surface area contributed by atoms with Gasteiger partial charge in [0.2, 0.25) is 29.4 Å². The summed E-state index contributed by atoms with van der Waals surface area (Å²) in [6, 6.07) is 31.5. The molecule has 0 unspecified atom stereocenters. The van der Waals surface area contributed by atoms with E-state index in [1.165, 1.54) is 80.0 Å². The highest BCUT2D eigenvalue weighted by atomic mass is 16.5. The number of carbonyl (C=O) groups excluding carboxylic acids is 9. The third kappa shape index (κ3) is 21.0. The second kappa shape index (κ2) is 34.9. The van der Waals surface area contributed by atoms with Crippen LogP contribution in [-0.4, -0.2) is 208 Å². The number of fused-ring (bicyclic) bond motifs is 3. The van der Waals surface area contributed by atoms with Crippen molar-refractivity contribution in [1.29, 1.82) is 0 Å². The van der Waals surface area contributed by atoms with Crippen LogP contribution in [0.1, 0.15) is 67.0 Å². The molecule has 1 saturated heterocycles. The second-order valence-electron chi connectivity index (χ2n) is 24.3. The van der Waals surface area contributed by atoms with Crippen molar-refractivity contribution in [3.05, 3.63) is 167 Å². The zero-order valence-electron chi connectivity index (χ0n) is 54.9. The number of nitrogens with zero attached hydrogens (tertiary/aromatic N) is 5. The summed E-state index contributed by atoms with van der Waals surface area (Å²) in [5, 5.41) is 19.2. The summed E-state index contributed by atoms with van der Waals surface area (Å²) in [7, 11) is 9.32. The van der Waals surface area contributed by atoms with Gasteiger partial charge in [0.15, 0.2) is 18.1 Å². The standard InChI is InChI=1S/C71H88N8O15/c1-71(2)47-93-64(83)25-15-16-34-72-35-18-36-76(4)67(86)55(39-48-19-11-9-12-20-48)73-62(81)45-77(5)68(87)56(40-49-21-13-10-14-22-49)74-66(85)57(41-50-26-30-53(80)31-27-50)78(6)63(82)46-92-54-24-17-23-52(43-54)59(32-28-51-29-33-60(90-7)61(42-51)91-8)94-70(89)58-44-75(3)37-38-79(58)69(88)65(71)84/h9-15,17,19-27,29-31,33,42-43,55-59,72,80H,16,18,28,32,34-41,44-47H2,1-8H3,(H,73,81)(H,74,85)/b25-15+/t55-,56-,57+,58+,59-/m1/s1. The normalized spacial score (nSPS) is 21.7. The fourth-order valence-corrected chi connectivity index (χ4v) is 11.0.